The summed E-state index contributed by atoms with van der Waals surface area (Å²) in [5.41, 5.74) is 1.36. The van der Waals surface area contributed by atoms with Crippen LogP contribution in [0.2, 0.25) is 0 Å². The number of rotatable bonds is 5. The van der Waals surface area contributed by atoms with Gasteiger partial charge in [-0.05, 0) is 44.2 Å². The second-order valence-corrected chi connectivity index (χ2v) is 9.02. The van der Waals surface area contributed by atoms with Crippen LogP contribution in [-0.2, 0) is 11.3 Å². The quantitative estimate of drug-likeness (QED) is 0.359. The Morgan fingerprint density at radius 3 is 2.63 bits per heavy atom. The molecule has 1 fully saturated rings. The summed E-state index contributed by atoms with van der Waals surface area (Å²) < 4.78 is 45.9. The summed E-state index contributed by atoms with van der Waals surface area (Å²) in [4.78, 5) is 22.6. The van der Waals surface area contributed by atoms with E-state index >= 15 is 0 Å². The van der Waals surface area contributed by atoms with Crippen LogP contribution in [0.3, 0.4) is 0 Å². The number of aryl methyl sites for hydroxylation is 1. The minimum atomic E-state index is -2.86. The molecule has 4 heterocycles. The van der Waals surface area contributed by atoms with E-state index in [1.807, 2.05) is 6.92 Å². The van der Waals surface area contributed by atoms with Crippen LogP contribution in [0, 0.1) is 12.7 Å². The molecular formula is C24H24F3N5O2S. The maximum Gasteiger partial charge on any atom is 0.264 e. The zero-order valence-corrected chi connectivity index (χ0v) is 20.1. The molecule has 5 rings (SSSR count). The number of alkyl halides is 2. The second-order valence-electron chi connectivity index (χ2n) is 7.96. The van der Waals surface area contributed by atoms with Crippen LogP contribution in [0.15, 0.2) is 41.9 Å². The van der Waals surface area contributed by atoms with Crippen LogP contribution in [-0.4, -0.2) is 56.6 Å². The van der Waals surface area contributed by atoms with E-state index in [9.17, 15) is 18.0 Å². The van der Waals surface area contributed by atoms with Crippen molar-refractivity contribution in [3.8, 4) is 11.4 Å². The normalized spacial score (nSPS) is 14.2. The van der Waals surface area contributed by atoms with E-state index in [-0.39, 0.29) is 22.8 Å². The molecule has 1 aliphatic rings. The molecule has 7 nitrogen and oxygen atoms in total. The van der Waals surface area contributed by atoms with E-state index in [2.05, 4.69) is 25.3 Å². The molecule has 11 heteroatoms. The molecule has 0 N–H and O–H groups in total. The maximum absolute atomic E-state index is 13.2. The highest BCUT2D eigenvalue weighted by Crippen LogP contribution is 2.30. The van der Waals surface area contributed by atoms with Crippen LogP contribution in [0.4, 0.5) is 13.2 Å². The fourth-order valence-electron chi connectivity index (χ4n) is 3.68. The van der Waals surface area contributed by atoms with Gasteiger partial charge in [-0.1, -0.05) is 0 Å². The number of thiazole rings is 1. The molecule has 0 bridgehead atoms. The van der Waals surface area contributed by atoms with Crippen molar-refractivity contribution < 1.29 is 22.7 Å². The molecule has 0 saturated carbocycles. The minimum absolute atomic E-state index is 0.0176. The average molecular weight is 504 g/mol. The Labute approximate surface area is 204 Å². The Bertz CT molecular complexity index is 1320. The van der Waals surface area contributed by atoms with E-state index in [1.54, 1.807) is 29.7 Å². The molecule has 0 atom stereocenters. The summed E-state index contributed by atoms with van der Waals surface area (Å²) >= 11 is 1.72. The number of hydrogen-bond acceptors (Lipinski definition) is 7. The summed E-state index contributed by atoms with van der Waals surface area (Å²) in [6.45, 7) is 8.22. The standard InChI is InChI=1S/C15H10F3N3O.C9H14N2OS/c1-8(22)10-3-2-6-21-15(10)19-14(20-21)11-5-4-9(16)7-12(11)13(17)18;1-8-10-9(7-13-8)6-11-2-4-12-5-3-11/h2-7,13H,1H3;7H,2-6H2,1H3. The predicted octanol–water partition coefficient (Wildman–Crippen LogP) is 4.96. The Balaban J connectivity index is 0.000000189. The highest BCUT2D eigenvalue weighted by Gasteiger charge is 2.20. The Morgan fingerprint density at radius 1 is 1.20 bits per heavy atom. The van der Waals surface area contributed by atoms with Crippen molar-refractivity contribution in [3.05, 3.63) is 69.6 Å². The molecule has 1 saturated heterocycles. The number of benzene rings is 1. The SMILES string of the molecule is CC(=O)c1cccn2nc(-c3ccc(F)cc3C(F)F)nc12.Cc1nc(CN2CCOCC2)cs1. The number of aromatic nitrogens is 4. The molecule has 0 radical (unpaired) electrons. The van der Waals surface area contributed by atoms with E-state index in [1.165, 1.54) is 23.2 Å². The van der Waals surface area contributed by atoms with E-state index in [4.69, 9.17) is 4.74 Å². The first-order valence-electron chi connectivity index (χ1n) is 11.0. The lowest BCUT2D eigenvalue weighted by molar-refractivity contribution is 0.0337. The summed E-state index contributed by atoms with van der Waals surface area (Å²) in [6, 6.07) is 6.23. The monoisotopic (exact) mass is 503 g/mol. The zero-order chi connectivity index (χ0) is 24.9. The molecule has 4 aromatic rings. The summed E-state index contributed by atoms with van der Waals surface area (Å²) in [6.07, 6.45) is -1.30. The smallest absolute Gasteiger partial charge is 0.264 e. The molecular weight excluding hydrogens is 479 g/mol. The Morgan fingerprint density at radius 2 is 1.97 bits per heavy atom. The van der Waals surface area contributed by atoms with Gasteiger partial charge in [-0.2, -0.15) is 0 Å². The number of carbonyl (C=O) groups is 1. The minimum Gasteiger partial charge on any atom is -0.379 e. The third-order valence-corrected chi connectivity index (χ3v) is 6.21. The summed E-state index contributed by atoms with van der Waals surface area (Å²) in [5, 5.41) is 7.40. The number of nitrogens with zero attached hydrogens (tertiary/aromatic N) is 5. The van der Waals surface area contributed by atoms with Crippen LogP contribution in [0.5, 0.6) is 0 Å². The molecule has 0 spiro atoms. The molecule has 3 aromatic heterocycles. The topological polar surface area (TPSA) is 72.6 Å². The third kappa shape index (κ3) is 6.11. The van der Waals surface area contributed by atoms with Gasteiger partial charge >= 0.3 is 0 Å². The van der Waals surface area contributed by atoms with E-state index in [0.29, 0.717) is 5.56 Å². The van der Waals surface area contributed by atoms with Crippen molar-refractivity contribution in [1.82, 2.24) is 24.5 Å². The van der Waals surface area contributed by atoms with Crippen LogP contribution in [0.1, 0.15) is 40.0 Å². The highest BCUT2D eigenvalue weighted by atomic mass is 32.1. The lowest BCUT2D eigenvalue weighted by Gasteiger charge is -2.25. The van der Waals surface area contributed by atoms with Crippen LogP contribution >= 0.6 is 11.3 Å². The van der Waals surface area contributed by atoms with Gasteiger partial charge in [0.05, 0.1) is 29.5 Å². The number of carbonyl (C=O) groups excluding carboxylic acids is 1. The number of hydrogen-bond donors (Lipinski definition) is 0. The van der Waals surface area contributed by atoms with Gasteiger partial charge in [0.1, 0.15) is 5.82 Å². The van der Waals surface area contributed by atoms with Crippen molar-refractivity contribution in [2.75, 3.05) is 26.3 Å². The second kappa shape index (κ2) is 11.1. The van der Waals surface area contributed by atoms with Gasteiger partial charge in [-0.3, -0.25) is 9.69 Å². The first-order chi connectivity index (χ1) is 16.8. The van der Waals surface area contributed by atoms with Crippen molar-refractivity contribution in [2.45, 2.75) is 26.8 Å². The fraction of sp³-hybridized carbons (Fsp3) is 0.333. The number of ketones is 1. The number of halogens is 3. The van der Waals surface area contributed by atoms with Crippen molar-refractivity contribution >= 4 is 22.8 Å². The van der Waals surface area contributed by atoms with Crippen LogP contribution in [0.25, 0.3) is 17.0 Å². The van der Waals surface area contributed by atoms with E-state index in [0.717, 1.165) is 50.0 Å². The first-order valence-corrected chi connectivity index (χ1v) is 11.8. The fourth-order valence-corrected chi connectivity index (χ4v) is 4.29. The van der Waals surface area contributed by atoms with Gasteiger partial charge in [-0.25, -0.2) is 27.7 Å². The molecule has 0 amide bonds. The molecule has 0 aliphatic carbocycles. The largest absolute Gasteiger partial charge is 0.379 e. The zero-order valence-electron chi connectivity index (χ0n) is 19.2. The lowest BCUT2D eigenvalue weighted by Crippen LogP contribution is -2.35. The third-order valence-electron chi connectivity index (χ3n) is 5.39. The number of fused-ring (bicyclic) bond motifs is 1. The van der Waals surface area contributed by atoms with Gasteiger partial charge in [0, 0.05) is 42.3 Å². The lowest BCUT2D eigenvalue weighted by atomic mass is 10.1. The van der Waals surface area contributed by atoms with Gasteiger partial charge in [0.15, 0.2) is 17.3 Å². The van der Waals surface area contributed by atoms with Crippen molar-refractivity contribution in [1.29, 1.82) is 0 Å². The highest BCUT2D eigenvalue weighted by molar-refractivity contribution is 7.09. The number of pyridine rings is 1. The number of morpholine rings is 1. The first kappa shape index (κ1) is 25.0. The van der Waals surface area contributed by atoms with Gasteiger partial charge in [0.2, 0.25) is 0 Å². The molecule has 0 unspecified atom stereocenters. The summed E-state index contributed by atoms with van der Waals surface area (Å²) in [7, 11) is 0. The number of ether oxygens (including phenoxy) is 1. The number of Topliss-reactive ketones (excluding diaryl/α,β-unsaturated/α-hetero) is 1. The molecule has 184 valence electrons. The maximum atomic E-state index is 13.2. The van der Waals surface area contributed by atoms with Gasteiger partial charge < -0.3 is 4.74 Å². The van der Waals surface area contributed by atoms with Crippen LogP contribution < -0.4 is 0 Å². The predicted molar refractivity (Wildman–Crippen MR) is 126 cm³/mol. The molecule has 1 aliphatic heterocycles. The van der Waals surface area contributed by atoms with Gasteiger partial charge in [-0.15, -0.1) is 16.4 Å². The van der Waals surface area contributed by atoms with E-state index < -0.39 is 17.8 Å². The molecule has 35 heavy (non-hydrogen) atoms. The van der Waals surface area contributed by atoms with Gasteiger partial charge in [0.25, 0.3) is 6.43 Å². The van der Waals surface area contributed by atoms with Crippen molar-refractivity contribution in [2.24, 2.45) is 0 Å². The summed E-state index contributed by atoms with van der Waals surface area (Å²) in [5.74, 6) is -0.950. The molecule has 1 aromatic carbocycles. The Hall–Kier alpha value is -3.15. The Kier molecular flexibility index (Phi) is 7.89. The average Bonchev–Trinajstić information content (AvgIpc) is 3.45. The van der Waals surface area contributed by atoms with Crippen molar-refractivity contribution in [3.63, 3.8) is 0 Å².